The Kier molecular flexibility index (Phi) is 4.45. The van der Waals surface area contributed by atoms with Crippen LogP contribution in [0.2, 0.25) is 0 Å². The van der Waals surface area contributed by atoms with Crippen molar-refractivity contribution in [3.8, 4) is 28.0 Å². The highest BCUT2D eigenvalue weighted by molar-refractivity contribution is 5.77. The van der Waals surface area contributed by atoms with Crippen LogP contribution in [0, 0.1) is 0 Å². The van der Waals surface area contributed by atoms with Crippen molar-refractivity contribution in [3.05, 3.63) is 96.1 Å². The molecule has 128 valence electrons. The van der Waals surface area contributed by atoms with Gasteiger partial charge in [0.1, 0.15) is 5.75 Å². The van der Waals surface area contributed by atoms with E-state index >= 15 is 0 Å². The highest BCUT2D eigenvalue weighted by atomic mass is 16.3. The SMILES string of the molecule is CC1=CC=C(c2ccc(-c3cccc(-c4ccccc4O)c3)cc2)CC1. The van der Waals surface area contributed by atoms with Crippen LogP contribution in [0.25, 0.3) is 27.8 Å². The normalized spacial score (nSPS) is 13.9. The van der Waals surface area contributed by atoms with E-state index in [2.05, 4.69) is 55.5 Å². The molecule has 26 heavy (non-hydrogen) atoms. The van der Waals surface area contributed by atoms with Gasteiger partial charge in [0, 0.05) is 5.56 Å². The molecule has 0 radical (unpaired) electrons. The second-order valence-electron chi connectivity index (χ2n) is 6.88. The summed E-state index contributed by atoms with van der Waals surface area (Å²) in [6.45, 7) is 2.19. The molecule has 1 heteroatoms. The Balaban J connectivity index is 1.64. The predicted molar refractivity (Wildman–Crippen MR) is 110 cm³/mol. The van der Waals surface area contributed by atoms with Crippen LogP contribution in [0.15, 0.2) is 90.5 Å². The summed E-state index contributed by atoms with van der Waals surface area (Å²) in [4.78, 5) is 0. The number of phenolic OH excluding ortho intramolecular Hbond substituents is 1. The van der Waals surface area contributed by atoms with Crippen molar-refractivity contribution in [3.63, 3.8) is 0 Å². The number of rotatable bonds is 3. The van der Waals surface area contributed by atoms with E-state index in [0.29, 0.717) is 5.75 Å². The van der Waals surface area contributed by atoms with Gasteiger partial charge in [-0.25, -0.2) is 0 Å². The average molecular weight is 338 g/mol. The fourth-order valence-electron chi connectivity index (χ4n) is 3.44. The highest BCUT2D eigenvalue weighted by Crippen LogP contribution is 2.33. The first-order valence-electron chi connectivity index (χ1n) is 9.06. The van der Waals surface area contributed by atoms with Gasteiger partial charge in [0.2, 0.25) is 0 Å². The van der Waals surface area contributed by atoms with E-state index in [1.807, 2.05) is 30.3 Å². The van der Waals surface area contributed by atoms with Crippen LogP contribution >= 0.6 is 0 Å². The maximum atomic E-state index is 10.1. The zero-order chi connectivity index (χ0) is 17.9. The Morgan fingerprint density at radius 1 is 0.654 bits per heavy atom. The Bertz CT molecular complexity index is 991. The molecule has 0 aliphatic heterocycles. The molecule has 0 amide bonds. The topological polar surface area (TPSA) is 20.2 Å². The second kappa shape index (κ2) is 7.05. The summed E-state index contributed by atoms with van der Waals surface area (Å²) in [6.07, 6.45) is 6.73. The number of hydrogen-bond donors (Lipinski definition) is 1. The average Bonchev–Trinajstić information content (AvgIpc) is 2.69. The van der Waals surface area contributed by atoms with E-state index in [9.17, 15) is 5.11 Å². The van der Waals surface area contributed by atoms with E-state index in [4.69, 9.17) is 0 Å². The van der Waals surface area contributed by atoms with Gasteiger partial charge in [-0.3, -0.25) is 0 Å². The molecule has 1 nitrogen and oxygen atoms in total. The van der Waals surface area contributed by atoms with Gasteiger partial charge in [-0.15, -0.1) is 0 Å². The maximum absolute atomic E-state index is 10.1. The highest BCUT2D eigenvalue weighted by Gasteiger charge is 2.08. The van der Waals surface area contributed by atoms with Crippen molar-refractivity contribution in [2.24, 2.45) is 0 Å². The number of allylic oxidation sites excluding steroid dienone is 4. The fourth-order valence-corrected chi connectivity index (χ4v) is 3.44. The quantitative estimate of drug-likeness (QED) is 0.553. The molecule has 0 saturated heterocycles. The molecular formula is C25H22O. The van der Waals surface area contributed by atoms with Gasteiger partial charge in [0.15, 0.2) is 0 Å². The molecule has 0 fully saturated rings. The minimum atomic E-state index is 0.313. The van der Waals surface area contributed by atoms with Crippen molar-refractivity contribution in [2.45, 2.75) is 19.8 Å². The molecule has 1 aliphatic carbocycles. The monoisotopic (exact) mass is 338 g/mol. The van der Waals surface area contributed by atoms with Crippen LogP contribution in [0.1, 0.15) is 25.3 Å². The summed E-state index contributed by atoms with van der Waals surface area (Å²) < 4.78 is 0. The standard InChI is InChI=1S/C25H22O/c1-18-9-11-19(12-10-18)20-13-15-21(16-14-20)22-5-4-6-23(17-22)24-7-2-3-8-25(24)26/h2-9,11,13-17,26H,10,12H2,1H3. The minimum absolute atomic E-state index is 0.313. The number of hydrogen-bond acceptors (Lipinski definition) is 1. The lowest BCUT2D eigenvalue weighted by atomic mass is 9.92. The summed E-state index contributed by atoms with van der Waals surface area (Å²) in [5, 5.41) is 10.1. The number of para-hydroxylation sites is 1. The summed E-state index contributed by atoms with van der Waals surface area (Å²) in [6, 6.07) is 24.6. The van der Waals surface area contributed by atoms with E-state index in [1.54, 1.807) is 6.07 Å². The summed E-state index contributed by atoms with van der Waals surface area (Å²) in [5.74, 6) is 0.313. The lowest BCUT2D eigenvalue weighted by Crippen LogP contribution is -1.91. The molecule has 4 rings (SSSR count). The Morgan fingerprint density at radius 3 is 2.12 bits per heavy atom. The zero-order valence-electron chi connectivity index (χ0n) is 14.9. The first kappa shape index (κ1) is 16.4. The first-order valence-corrected chi connectivity index (χ1v) is 9.06. The molecule has 0 spiro atoms. The van der Waals surface area contributed by atoms with Gasteiger partial charge in [0.25, 0.3) is 0 Å². The van der Waals surface area contributed by atoms with Crippen LogP contribution in [0.3, 0.4) is 0 Å². The van der Waals surface area contributed by atoms with E-state index in [0.717, 1.165) is 29.5 Å². The molecular weight excluding hydrogens is 316 g/mol. The minimum Gasteiger partial charge on any atom is -0.507 e. The molecule has 0 atom stereocenters. The zero-order valence-corrected chi connectivity index (χ0v) is 14.9. The predicted octanol–water partition coefficient (Wildman–Crippen LogP) is 6.85. The molecule has 0 aromatic heterocycles. The third-order valence-corrected chi connectivity index (χ3v) is 5.02. The van der Waals surface area contributed by atoms with Crippen molar-refractivity contribution >= 4 is 5.57 Å². The first-order chi connectivity index (χ1) is 12.7. The van der Waals surface area contributed by atoms with Gasteiger partial charge < -0.3 is 5.11 Å². The van der Waals surface area contributed by atoms with E-state index < -0.39 is 0 Å². The fraction of sp³-hybridized carbons (Fsp3) is 0.120. The van der Waals surface area contributed by atoms with Gasteiger partial charge in [-0.1, -0.05) is 78.4 Å². The van der Waals surface area contributed by atoms with Gasteiger partial charge in [-0.2, -0.15) is 0 Å². The van der Waals surface area contributed by atoms with Crippen LogP contribution < -0.4 is 0 Å². The molecule has 0 unspecified atom stereocenters. The molecule has 3 aromatic carbocycles. The third-order valence-electron chi connectivity index (χ3n) is 5.02. The summed E-state index contributed by atoms with van der Waals surface area (Å²) >= 11 is 0. The Labute approximate surface area is 155 Å². The number of phenols is 1. The van der Waals surface area contributed by atoms with Gasteiger partial charge in [0.05, 0.1) is 0 Å². The molecule has 1 aliphatic rings. The van der Waals surface area contributed by atoms with Gasteiger partial charge in [-0.05, 0) is 59.7 Å². The largest absolute Gasteiger partial charge is 0.507 e. The van der Waals surface area contributed by atoms with Crippen molar-refractivity contribution in [2.75, 3.05) is 0 Å². The molecule has 0 saturated carbocycles. The molecule has 0 heterocycles. The van der Waals surface area contributed by atoms with Crippen LogP contribution in [-0.2, 0) is 0 Å². The Morgan fingerprint density at radius 2 is 1.38 bits per heavy atom. The molecule has 1 N–H and O–H groups in total. The molecule has 0 bridgehead atoms. The smallest absolute Gasteiger partial charge is 0.123 e. The van der Waals surface area contributed by atoms with Crippen LogP contribution in [0.5, 0.6) is 5.75 Å². The van der Waals surface area contributed by atoms with E-state index in [1.165, 1.54) is 22.3 Å². The second-order valence-corrected chi connectivity index (χ2v) is 6.88. The number of aromatic hydroxyl groups is 1. The number of benzene rings is 3. The van der Waals surface area contributed by atoms with Crippen molar-refractivity contribution < 1.29 is 5.11 Å². The summed E-state index contributed by atoms with van der Waals surface area (Å²) in [5.41, 5.74) is 8.39. The summed E-state index contributed by atoms with van der Waals surface area (Å²) in [7, 11) is 0. The van der Waals surface area contributed by atoms with Crippen LogP contribution in [0.4, 0.5) is 0 Å². The molecule has 3 aromatic rings. The Hall–Kier alpha value is -3.06. The third kappa shape index (κ3) is 3.34. The van der Waals surface area contributed by atoms with E-state index in [-0.39, 0.29) is 0 Å². The van der Waals surface area contributed by atoms with Gasteiger partial charge >= 0.3 is 0 Å². The van der Waals surface area contributed by atoms with Crippen LogP contribution in [-0.4, -0.2) is 5.11 Å². The van der Waals surface area contributed by atoms with Crippen molar-refractivity contribution in [1.29, 1.82) is 0 Å². The maximum Gasteiger partial charge on any atom is 0.123 e. The lowest BCUT2D eigenvalue weighted by Gasteiger charge is -2.13. The lowest BCUT2D eigenvalue weighted by molar-refractivity contribution is 0.477. The van der Waals surface area contributed by atoms with Crippen molar-refractivity contribution in [1.82, 2.24) is 0 Å².